The summed E-state index contributed by atoms with van der Waals surface area (Å²) in [6.45, 7) is 18.4. The predicted molar refractivity (Wildman–Crippen MR) is 75.5 cm³/mol. The Morgan fingerprint density at radius 1 is 1.24 bits per heavy atom. The minimum atomic E-state index is 0.243. The van der Waals surface area contributed by atoms with Crippen molar-refractivity contribution in [3.8, 4) is 0 Å². The van der Waals surface area contributed by atoms with Crippen LogP contribution in [0.5, 0.6) is 0 Å². The Hall–Kier alpha value is -0.120. The number of hydrogen-bond acceptors (Lipinski definition) is 3. The molecule has 0 radical (unpaired) electrons. The predicted octanol–water partition coefficient (Wildman–Crippen LogP) is 1.79. The molecule has 0 amide bonds. The second-order valence-electron chi connectivity index (χ2n) is 5.81. The lowest BCUT2D eigenvalue weighted by Gasteiger charge is -2.32. The zero-order valence-corrected chi connectivity index (χ0v) is 12.4. The van der Waals surface area contributed by atoms with Crippen molar-refractivity contribution in [1.29, 1.82) is 0 Å². The van der Waals surface area contributed by atoms with Gasteiger partial charge in [-0.25, -0.2) is 0 Å². The number of hydrogen-bond donors (Lipinski definition) is 1. The average molecular weight is 241 g/mol. The van der Waals surface area contributed by atoms with Gasteiger partial charge in [-0.1, -0.05) is 20.8 Å². The highest BCUT2D eigenvalue weighted by Gasteiger charge is 2.29. The molecule has 0 aromatic rings. The van der Waals surface area contributed by atoms with Crippen LogP contribution in [0, 0.1) is 0 Å². The van der Waals surface area contributed by atoms with Crippen LogP contribution in [0.4, 0.5) is 0 Å². The summed E-state index contributed by atoms with van der Waals surface area (Å²) in [6.07, 6.45) is 1.34. The number of rotatable bonds is 7. The minimum Gasteiger partial charge on any atom is -0.311 e. The molecule has 1 heterocycles. The Kier molecular flexibility index (Phi) is 5.90. The summed E-state index contributed by atoms with van der Waals surface area (Å²) in [5, 5.41) is 3.57. The first kappa shape index (κ1) is 14.9. The Labute approximate surface area is 108 Å². The lowest BCUT2D eigenvalue weighted by molar-refractivity contribution is 0.191. The monoisotopic (exact) mass is 241 g/mol. The van der Waals surface area contributed by atoms with Crippen molar-refractivity contribution in [3.05, 3.63) is 0 Å². The molecule has 0 saturated carbocycles. The highest BCUT2D eigenvalue weighted by Crippen LogP contribution is 2.17. The molecule has 1 fully saturated rings. The SMILES string of the molecule is CCNC(C)(C)CN1CCC(N(CC)CC)C1. The topological polar surface area (TPSA) is 18.5 Å². The van der Waals surface area contributed by atoms with E-state index in [-0.39, 0.29) is 5.54 Å². The molecule has 3 heteroatoms. The molecule has 0 bridgehead atoms. The molecular weight excluding hydrogens is 210 g/mol. The second kappa shape index (κ2) is 6.72. The first-order valence-electron chi connectivity index (χ1n) is 7.23. The molecule has 3 nitrogen and oxygen atoms in total. The lowest BCUT2D eigenvalue weighted by Crippen LogP contribution is -2.49. The highest BCUT2D eigenvalue weighted by molar-refractivity contribution is 4.88. The Morgan fingerprint density at radius 2 is 1.88 bits per heavy atom. The van der Waals surface area contributed by atoms with E-state index in [1.165, 1.54) is 39.1 Å². The largest absolute Gasteiger partial charge is 0.311 e. The summed E-state index contributed by atoms with van der Waals surface area (Å²) in [5.41, 5.74) is 0.243. The number of nitrogens with one attached hydrogen (secondary N) is 1. The zero-order chi connectivity index (χ0) is 12.9. The standard InChI is InChI=1S/C14H31N3/c1-6-15-14(4,5)12-16-10-9-13(11-16)17(7-2)8-3/h13,15H,6-12H2,1-5H3. The van der Waals surface area contributed by atoms with Gasteiger partial charge in [0.25, 0.3) is 0 Å². The molecule has 0 spiro atoms. The van der Waals surface area contributed by atoms with E-state index in [1.807, 2.05) is 0 Å². The smallest absolute Gasteiger partial charge is 0.0252 e. The molecular formula is C14H31N3. The van der Waals surface area contributed by atoms with Gasteiger partial charge in [0.15, 0.2) is 0 Å². The fraction of sp³-hybridized carbons (Fsp3) is 1.00. The van der Waals surface area contributed by atoms with Crippen molar-refractivity contribution >= 4 is 0 Å². The van der Waals surface area contributed by atoms with Gasteiger partial charge in [0.1, 0.15) is 0 Å². The maximum Gasteiger partial charge on any atom is 0.0252 e. The summed E-state index contributed by atoms with van der Waals surface area (Å²) in [5.74, 6) is 0. The Balaban J connectivity index is 2.40. The summed E-state index contributed by atoms with van der Waals surface area (Å²) in [7, 11) is 0. The van der Waals surface area contributed by atoms with Crippen molar-refractivity contribution in [3.63, 3.8) is 0 Å². The molecule has 1 saturated heterocycles. The first-order valence-corrected chi connectivity index (χ1v) is 7.23. The quantitative estimate of drug-likeness (QED) is 0.733. The van der Waals surface area contributed by atoms with Crippen molar-refractivity contribution in [2.24, 2.45) is 0 Å². The van der Waals surface area contributed by atoms with E-state index < -0.39 is 0 Å². The average Bonchev–Trinajstić information content (AvgIpc) is 2.67. The van der Waals surface area contributed by atoms with Crippen molar-refractivity contribution < 1.29 is 0 Å². The summed E-state index contributed by atoms with van der Waals surface area (Å²) < 4.78 is 0. The van der Waals surface area contributed by atoms with Crippen LogP contribution in [0.15, 0.2) is 0 Å². The summed E-state index contributed by atoms with van der Waals surface area (Å²) in [4.78, 5) is 5.21. The molecule has 1 aliphatic rings. The number of nitrogens with zero attached hydrogens (tertiary/aromatic N) is 2. The van der Waals surface area contributed by atoms with Crippen LogP contribution in [0.3, 0.4) is 0 Å². The van der Waals surface area contributed by atoms with Crippen LogP contribution < -0.4 is 5.32 Å². The van der Waals surface area contributed by atoms with E-state index in [4.69, 9.17) is 0 Å². The van der Waals surface area contributed by atoms with Crippen molar-refractivity contribution in [2.45, 2.75) is 52.6 Å². The molecule has 1 aliphatic heterocycles. The summed E-state index contributed by atoms with van der Waals surface area (Å²) >= 11 is 0. The molecule has 17 heavy (non-hydrogen) atoms. The normalized spacial score (nSPS) is 22.6. The maximum atomic E-state index is 3.57. The highest BCUT2D eigenvalue weighted by atomic mass is 15.3. The molecule has 0 aromatic heterocycles. The van der Waals surface area contributed by atoms with Crippen LogP contribution in [0.2, 0.25) is 0 Å². The van der Waals surface area contributed by atoms with Gasteiger partial charge in [-0.05, 0) is 46.4 Å². The molecule has 1 N–H and O–H groups in total. The fourth-order valence-corrected chi connectivity index (χ4v) is 3.09. The van der Waals surface area contributed by atoms with Crippen LogP contribution in [-0.4, -0.2) is 60.6 Å². The van der Waals surface area contributed by atoms with Gasteiger partial charge < -0.3 is 5.32 Å². The molecule has 102 valence electrons. The Morgan fingerprint density at radius 3 is 2.41 bits per heavy atom. The molecule has 1 atom stereocenters. The van der Waals surface area contributed by atoms with Crippen LogP contribution in [-0.2, 0) is 0 Å². The third-order valence-electron chi connectivity index (χ3n) is 3.85. The third-order valence-corrected chi connectivity index (χ3v) is 3.85. The van der Waals surface area contributed by atoms with Gasteiger partial charge in [-0.3, -0.25) is 9.80 Å². The van der Waals surface area contributed by atoms with E-state index in [2.05, 4.69) is 49.7 Å². The Bertz CT molecular complexity index is 212. The molecule has 1 unspecified atom stereocenters. The van der Waals surface area contributed by atoms with Gasteiger partial charge >= 0.3 is 0 Å². The van der Waals surface area contributed by atoms with Crippen molar-refractivity contribution in [1.82, 2.24) is 15.1 Å². The second-order valence-corrected chi connectivity index (χ2v) is 5.81. The van der Waals surface area contributed by atoms with Crippen molar-refractivity contribution in [2.75, 3.05) is 39.3 Å². The third kappa shape index (κ3) is 4.57. The van der Waals surface area contributed by atoms with E-state index in [0.29, 0.717) is 0 Å². The molecule has 0 aromatic carbocycles. The fourth-order valence-electron chi connectivity index (χ4n) is 3.09. The first-order chi connectivity index (χ1) is 8.02. The lowest BCUT2D eigenvalue weighted by atomic mass is 10.1. The molecule has 1 rings (SSSR count). The van der Waals surface area contributed by atoms with E-state index in [9.17, 15) is 0 Å². The van der Waals surface area contributed by atoms with Crippen LogP contribution >= 0.6 is 0 Å². The van der Waals surface area contributed by atoms with Gasteiger partial charge in [0.05, 0.1) is 0 Å². The van der Waals surface area contributed by atoms with E-state index in [1.54, 1.807) is 0 Å². The van der Waals surface area contributed by atoms with Gasteiger partial charge in [-0.2, -0.15) is 0 Å². The maximum absolute atomic E-state index is 3.57. The van der Waals surface area contributed by atoms with E-state index in [0.717, 1.165) is 12.6 Å². The minimum absolute atomic E-state index is 0.243. The number of likely N-dealkylation sites (N-methyl/N-ethyl adjacent to an activating group) is 2. The van der Waals surface area contributed by atoms with Gasteiger partial charge in [0, 0.05) is 24.7 Å². The summed E-state index contributed by atoms with van der Waals surface area (Å²) in [6, 6.07) is 0.780. The van der Waals surface area contributed by atoms with Crippen LogP contribution in [0.1, 0.15) is 41.0 Å². The zero-order valence-electron chi connectivity index (χ0n) is 12.4. The van der Waals surface area contributed by atoms with Gasteiger partial charge in [-0.15, -0.1) is 0 Å². The van der Waals surface area contributed by atoms with E-state index >= 15 is 0 Å². The van der Waals surface area contributed by atoms with Gasteiger partial charge in [0.2, 0.25) is 0 Å². The number of likely N-dealkylation sites (tertiary alicyclic amines) is 1. The van der Waals surface area contributed by atoms with Crippen LogP contribution in [0.25, 0.3) is 0 Å². The molecule has 0 aliphatic carbocycles.